The monoisotopic (exact) mass is 253 g/mol. The van der Waals surface area contributed by atoms with Gasteiger partial charge in [-0.15, -0.1) is 0 Å². The average Bonchev–Trinajstić information content (AvgIpc) is 2.95. The van der Waals surface area contributed by atoms with Crippen molar-refractivity contribution in [1.29, 1.82) is 10.5 Å². The van der Waals surface area contributed by atoms with Crippen molar-refractivity contribution in [3.05, 3.63) is 29.8 Å². The van der Waals surface area contributed by atoms with Gasteiger partial charge < -0.3 is 4.90 Å². The summed E-state index contributed by atoms with van der Waals surface area (Å²) in [6.45, 7) is 0. The molecular weight excluding hydrogens is 238 g/mol. The minimum Gasteiger partial charge on any atom is -0.313 e. The fourth-order valence-corrected chi connectivity index (χ4v) is 2.64. The summed E-state index contributed by atoms with van der Waals surface area (Å²) in [6.07, 6.45) is 3.04. The summed E-state index contributed by atoms with van der Waals surface area (Å²) in [7, 11) is 1.63. The number of hydrogen-bond donors (Lipinski definition) is 0. The Morgan fingerprint density at radius 3 is 2.47 bits per heavy atom. The van der Waals surface area contributed by atoms with Crippen LogP contribution in [0.4, 0.5) is 5.69 Å². The number of nitrogens with zero attached hydrogens (tertiary/aromatic N) is 3. The van der Waals surface area contributed by atoms with Gasteiger partial charge in [-0.3, -0.25) is 4.79 Å². The lowest BCUT2D eigenvalue weighted by Gasteiger charge is -2.27. The number of para-hydroxylation sites is 1. The van der Waals surface area contributed by atoms with E-state index in [1.807, 2.05) is 0 Å². The van der Waals surface area contributed by atoms with Crippen molar-refractivity contribution in [3.8, 4) is 12.1 Å². The molecule has 96 valence electrons. The van der Waals surface area contributed by atoms with Crippen LogP contribution in [0, 0.1) is 28.1 Å². The smallest absolute Gasteiger partial charge is 0.247 e. The highest BCUT2D eigenvalue weighted by atomic mass is 16.2. The van der Waals surface area contributed by atoms with Crippen molar-refractivity contribution in [3.63, 3.8) is 0 Å². The van der Waals surface area contributed by atoms with E-state index < -0.39 is 5.41 Å². The maximum Gasteiger partial charge on any atom is 0.247 e. The second kappa shape index (κ2) is 5.12. The third-order valence-electron chi connectivity index (χ3n) is 3.77. The van der Waals surface area contributed by atoms with Crippen LogP contribution >= 0.6 is 0 Å². The quantitative estimate of drug-likeness (QED) is 0.813. The lowest BCUT2D eigenvalue weighted by Crippen LogP contribution is -2.40. The minimum absolute atomic E-state index is 0.199. The molecule has 0 spiro atoms. The fourth-order valence-electron chi connectivity index (χ4n) is 2.64. The summed E-state index contributed by atoms with van der Waals surface area (Å²) in [5.74, 6) is -0.199. The normalized spacial score (nSPS) is 16.4. The highest BCUT2D eigenvalue weighted by molar-refractivity contribution is 6.00. The van der Waals surface area contributed by atoms with Crippen molar-refractivity contribution in [1.82, 2.24) is 0 Å². The first-order valence-electron chi connectivity index (χ1n) is 6.33. The van der Waals surface area contributed by atoms with Crippen LogP contribution in [0.5, 0.6) is 0 Å². The van der Waals surface area contributed by atoms with Gasteiger partial charge in [-0.1, -0.05) is 25.0 Å². The van der Waals surface area contributed by atoms with E-state index in [0.717, 1.165) is 12.8 Å². The van der Waals surface area contributed by atoms with Crippen LogP contribution in [0.15, 0.2) is 24.3 Å². The topological polar surface area (TPSA) is 67.9 Å². The molecule has 0 heterocycles. The van der Waals surface area contributed by atoms with Crippen LogP contribution in [0.3, 0.4) is 0 Å². The molecule has 0 saturated heterocycles. The van der Waals surface area contributed by atoms with Crippen LogP contribution in [0.1, 0.15) is 31.2 Å². The number of anilines is 1. The minimum atomic E-state index is -0.905. The van der Waals surface area contributed by atoms with Crippen LogP contribution in [0.2, 0.25) is 0 Å². The SMILES string of the molecule is CN(C(=O)C1(C#N)CCCC1)c1ccccc1C#N. The number of nitriles is 2. The number of amides is 1. The number of carbonyl (C=O) groups excluding carboxylic acids is 1. The van der Waals surface area contributed by atoms with E-state index in [1.54, 1.807) is 31.3 Å². The molecule has 1 fully saturated rings. The Hall–Kier alpha value is -2.33. The molecule has 1 aromatic rings. The Kier molecular flexibility index (Phi) is 3.53. The first-order valence-corrected chi connectivity index (χ1v) is 6.33. The van der Waals surface area contributed by atoms with Crippen molar-refractivity contribution in [2.45, 2.75) is 25.7 Å². The molecule has 0 atom stereocenters. The second-order valence-electron chi connectivity index (χ2n) is 4.89. The van der Waals surface area contributed by atoms with Gasteiger partial charge in [0.2, 0.25) is 5.91 Å². The van der Waals surface area contributed by atoms with E-state index in [4.69, 9.17) is 5.26 Å². The number of benzene rings is 1. The van der Waals surface area contributed by atoms with Crippen molar-refractivity contribution < 1.29 is 4.79 Å². The summed E-state index contributed by atoms with van der Waals surface area (Å²) >= 11 is 0. The average molecular weight is 253 g/mol. The van der Waals surface area contributed by atoms with Gasteiger partial charge in [0, 0.05) is 7.05 Å². The molecule has 4 heteroatoms. The second-order valence-corrected chi connectivity index (χ2v) is 4.89. The zero-order valence-electron chi connectivity index (χ0n) is 10.9. The van der Waals surface area contributed by atoms with Gasteiger partial charge in [0.15, 0.2) is 0 Å². The Bertz CT molecular complexity index is 574. The Labute approximate surface area is 112 Å². The zero-order valence-corrected chi connectivity index (χ0v) is 10.9. The van der Waals surface area contributed by atoms with Gasteiger partial charge >= 0.3 is 0 Å². The van der Waals surface area contributed by atoms with Crippen molar-refractivity contribution in [2.24, 2.45) is 5.41 Å². The fraction of sp³-hybridized carbons (Fsp3) is 0.400. The van der Waals surface area contributed by atoms with Crippen LogP contribution in [-0.2, 0) is 4.79 Å². The molecule has 1 amide bonds. The summed E-state index contributed by atoms with van der Waals surface area (Å²) in [5.41, 5.74) is 0.109. The van der Waals surface area contributed by atoms with E-state index in [1.165, 1.54) is 4.90 Å². The van der Waals surface area contributed by atoms with Gasteiger partial charge in [0.1, 0.15) is 11.5 Å². The standard InChI is InChI=1S/C15H15N3O/c1-18(13-7-3-2-6-12(13)10-16)14(19)15(11-17)8-4-5-9-15/h2-3,6-7H,4-5,8-9H2,1H3. The molecule has 19 heavy (non-hydrogen) atoms. The van der Waals surface area contributed by atoms with Gasteiger partial charge in [0.05, 0.1) is 17.3 Å². The largest absolute Gasteiger partial charge is 0.313 e. The Morgan fingerprint density at radius 1 is 1.26 bits per heavy atom. The lowest BCUT2D eigenvalue weighted by atomic mass is 9.86. The molecule has 1 aliphatic carbocycles. The summed E-state index contributed by atoms with van der Waals surface area (Å²) in [4.78, 5) is 14.0. The van der Waals surface area contributed by atoms with Crippen LogP contribution < -0.4 is 4.90 Å². The van der Waals surface area contributed by atoms with Gasteiger partial charge in [0.25, 0.3) is 0 Å². The predicted octanol–water partition coefficient (Wildman–Crippen LogP) is 2.61. The van der Waals surface area contributed by atoms with Crippen molar-refractivity contribution in [2.75, 3.05) is 11.9 Å². The third kappa shape index (κ3) is 2.18. The number of rotatable bonds is 2. The summed E-state index contributed by atoms with van der Waals surface area (Å²) in [5, 5.41) is 18.4. The molecule has 0 radical (unpaired) electrons. The first kappa shape index (κ1) is 13.1. The summed E-state index contributed by atoms with van der Waals surface area (Å²) in [6, 6.07) is 11.2. The lowest BCUT2D eigenvalue weighted by molar-refractivity contribution is -0.124. The maximum atomic E-state index is 12.6. The van der Waals surface area contributed by atoms with Crippen LogP contribution in [-0.4, -0.2) is 13.0 Å². The van der Waals surface area contributed by atoms with E-state index >= 15 is 0 Å². The third-order valence-corrected chi connectivity index (χ3v) is 3.77. The maximum absolute atomic E-state index is 12.6. The zero-order chi connectivity index (χ0) is 13.9. The molecule has 1 saturated carbocycles. The molecule has 2 rings (SSSR count). The van der Waals surface area contributed by atoms with E-state index in [9.17, 15) is 10.1 Å². The molecule has 0 aromatic heterocycles. The summed E-state index contributed by atoms with van der Waals surface area (Å²) < 4.78 is 0. The Balaban J connectivity index is 2.35. The first-order chi connectivity index (χ1) is 9.14. The molecule has 0 unspecified atom stereocenters. The molecule has 1 aliphatic rings. The number of carbonyl (C=O) groups is 1. The Morgan fingerprint density at radius 2 is 1.89 bits per heavy atom. The number of hydrogen-bond acceptors (Lipinski definition) is 3. The molecule has 1 aromatic carbocycles. The van der Waals surface area contributed by atoms with E-state index in [-0.39, 0.29) is 5.91 Å². The molecular formula is C15H15N3O. The molecule has 0 bridgehead atoms. The van der Waals surface area contributed by atoms with Gasteiger partial charge in [-0.25, -0.2) is 0 Å². The van der Waals surface area contributed by atoms with E-state index in [2.05, 4.69) is 12.1 Å². The highest BCUT2D eigenvalue weighted by Gasteiger charge is 2.43. The predicted molar refractivity (Wildman–Crippen MR) is 71.1 cm³/mol. The van der Waals surface area contributed by atoms with E-state index in [0.29, 0.717) is 24.1 Å². The van der Waals surface area contributed by atoms with Crippen molar-refractivity contribution >= 4 is 11.6 Å². The molecule has 4 nitrogen and oxygen atoms in total. The highest BCUT2D eigenvalue weighted by Crippen LogP contribution is 2.40. The van der Waals surface area contributed by atoms with Crippen LogP contribution in [0.25, 0.3) is 0 Å². The van der Waals surface area contributed by atoms with Gasteiger partial charge in [-0.05, 0) is 25.0 Å². The van der Waals surface area contributed by atoms with Gasteiger partial charge in [-0.2, -0.15) is 10.5 Å². The molecule has 0 aliphatic heterocycles. The molecule has 0 N–H and O–H groups in total.